The minimum atomic E-state index is -0.174. The molecule has 5 nitrogen and oxygen atoms in total. The first-order valence-corrected chi connectivity index (χ1v) is 5.47. The highest BCUT2D eigenvalue weighted by Crippen LogP contribution is 2.10. The molecule has 0 bridgehead atoms. The Morgan fingerprint density at radius 3 is 2.81 bits per heavy atom. The predicted molar refractivity (Wildman–Crippen MR) is 57.9 cm³/mol. The van der Waals surface area contributed by atoms with Gasteiger partial charge in [-0.2, -0.15) is 0 Å². The Labute approximate surface area is 93.9 Å². The zero-order valence-corrected chi connectivity index (χ0v) is 9.07. The van der Waals surface area contributed by atoms with Gasteiger partial charge in [0.15, 0.2) is 5.76 Å². The molecule has 0 aliphatic carbocycles. The van der Waals surface area contributed by atoms with Gasteiger partial charge in [0.1, 0.15) is 5.76 Å². The van der Waals surface area contributed by atoms with Crippen molar-refractivity contribution in [1.82, 2.24) is 5.32 Å². The molecule has 2 heterocycles. The highest BCUT2D eigenvalue weighted by Gasteiger charge is 2.18. The standard InChI is InChI=1S/C11H16N2O3/c12-7-9-1-2-10(16-9)11(14)13-8-3-5-15-6-4-8/h1-2,8H,3-7,12H2,(H,13,14). The Kier molecular flexibility index (Phi) is 3.58. The molecule has 0 radical (unpaired) electrons. The second-order valence-corrected chi connectivity index (χ2v) is 3.83. The fourth-order valence-corrected chi connectivity index (χ4v) is 1.71. The number of hydrogen-bond donors (Lipinski definition) is 2. The van der Waals surface area contributed by atoms with Crippen LogP contribution in [0.5, 0.6) is 0 Å². The van der Waals surface area contributed by atoms with Crippen LogP contribution in [0, 0.1) is 0 Å². The average Bonchev–Trinajstić information content (AvgIpc) is 2.79. The third-order valence-corrected chi connectivity index (χ3v) is 2.64. The summed E-state index contributed by atoms with van der Waals surface area (Å²) in [6.07, 6.45) is 1.71. The molecule has 0 saturated carbocycles. The van der Waals surface area contributed by atoms with Crippen molar-refractivity contribution >= 4 is 5.91 Å². The summed E-state index contributed by atoms with van der Waals surface area (Å²) in [5.74, 6) is 0.774. The Hall–Kier alpha value is -1.33. The summed E-state index contributed by atoms with van der Waals surface area (Å²) in [6.45, 7) is 1.72. The lowest BCUT2D eigenvalue weighted by molar-refractivity contribution is 0.0682. The fourth-order valence-electron chi connectivity index (χ4n) is 1.71. The van der Waals surface area contributed by atoms with Crippen molar-refractivity contribution in [3.63, 3.8) is 0 Å². The first-order chi connectivity index (χ1) is 7.79. The van der Waals surface area contributed by atoms with Crippen LogP contribution in [0.25, 0.3) is 0 Å². The molecule has 0 aromatic carbocycles. The van der Waals surface area contributed by atoms with E-state index in [9.17, 15) is 4.79 Å². The lowest BCUT2D eigenvalue weighted by atomic mass is 10.1. The quantitative estimate of drug-likeness (QED) is 0.790. The van der Waals surface area contributed by atoms with Crippen molar-refractivity contribution in [3.8, 4) is 0 Å². The third-order valence-electron chi connectivity index (χ3n) is 2.64. The molecule has 16 heavy (non-hydrogen) atoms. The molecule has 1 aliphatic rings. The van der Waals surface area contributed by atoms with Gasteiger partial charge < -0.3 is 20.2 Å². The SMILES string of the molecule is NCc1ccc(C(=O)NC2CCOCC2)o1. The number of furan rings is 1. The normalized spacial score (nSPS) is 17.3. The molecule has 1 aliphatic heterocycles. The van der Waals surface area contributed by atoms with E-state index in [4.69, 9.17) is 14.9 Å². The second-order valence-electron chi connectivity index (χ2n) is 3.83. The molecule has 3 N–H and O–H groups in total. The monoisotopic (exact) mass is 224 g/mol. The first kappa shape index (κ1) is 11.2. The maximum atomic E-state index is 11.8. The Bertz CT molecular complexity index is 356. The number of nitrogens with one attached hydrogen (secondary N) is 1. The van der Waals surface area contributed by atoms with E-state index in [1.54, 1.807) is 12.1 Å². The summed E-state index contributed by atoms with van der Waals surface area (Å²) in [6, 6.07) is 3.56. The Morgan fingerprint density at radius 2 is 2.19 bits per heavy atom. The molecule has 1 saturated heterocycles. The van der Waals surface area contributed by atoms with E-state index in [-0.39, 0.29) is 11.9 Å². The van der Waals surface area contributed by atoms with E-state index in [0.717, 1.165) is 12.8 Å². The number of amides is 1. The molecule has 0 unspecified atom stereocenters. The van der Waals surface area contributed by atoms with Crippen LogP contribution in [-0.4, -0.2) is 25.2 Å². The summed E-state index contributed by atoms with van der Waals surface area (Å²) in [5, 5.41) is 2.92. The number of carbonyl (C=O) groups is 1. The van der Waals surface area contributed by atoms with E-state index in [1.165, 1.54) is 0 Å². The summed E-state index contributed by atoms with van der Waals surface area (Å²) in [7, 11) is 0. The van der Waals surface area contributed by atoms with Gasteiger partial charge in [0.2, 0.25) is 0 Å². The molecule has 1 aromatic rings. The van der Waals surface area contributed by atoms with Crippen LogP contribution < -0.4 is 11.1 Å². The molecular weight excluding hydrogens is 208 g/mol. The van der Waals surface area contributed by atoms with Gasteiger partial charge in [-0.25, -0.2) is 0 Å². The highest BCUT2D eigenvalue weighted by molar-refractivity contribution is 5.91. The van der Waals surface area contributed by atoms with Crippen LogP contribution in [0.15, 0.2) is 16.5 Å². The average molecular weight is 224 g/mol. The van der Waals surface area contributed by atoms with Crippen molar-refractivity contribution in [2.45, 2.75) is 25.4 Å². The van der Waals surface area contributed by atoms with E-state index in [0.29, 0.717) is 31.3 Å². The zero-order valence-electron chi connectivity index (χ0n) is 9.07. The highest BCUT2D eigenvalue weighted by atomic mass is 16.5. The van der Waals surface area contributed by atoms with Crippen molar-refractivity contribution in [1.29, 1.82) is 0 Å². The zero-order chi connectivity index (χ0) is 11.4. The van der Waals surface area contributed by atoms with Crippen LogP contribution in [0.4, 0.5) is 0 Å². The number of carbonyl (C=O) groups excluding carboxylic acids is 1. The van der Waals surface area contributed by atoms with Gasteiger partial charge in [-0.15, -0.1) is 0 Å². The lowest BCUT2D eigenvalue weighted by Gasteiger charge is -2.22. The van der Waals surface area contributed by atoms with Crippen LogP contribution in [-0.2, 0) is 11.3 Å². The number of ether oxygens (including phenoxy) is 1. The van der Waals surface area contributed by atoms with Crippen molar-refractivity contribution < 1.29 is 13.9 Å². The van der Waals surface area contributed by atoms with Gasteiger partial charge in [0.25, 0.3) is 5.91 Å². The smallest absolute Gasteiger partial charge is 0.287 e. The first-order valence-electron chi connectivity index (χ1n) is 5.47. The second kappa shape index (κ2) is 5.14. The lowest BCUT2D eigenvalue weighted by Crippen LogP contribution is -2.38. The van der Waals surface area contributed by atoms with Crippen LogP contribution >= 0.6 is 0 Å². The maximum absolute atomic E-state index is 11.8. The van der Waals surface area contributed by atoms with E-state index in [2.05, 4.69) is 5.32 Å². The maximum Gasteiger partial charge on any atom is 0.287 e. The van der Waals surface area contributed by atoms with E-state index >= 15 is 0 Å². The number of rotatable bonds is 3. The summed E-state index contributed by atoms with van der Waals surface area (Å²) >= 11 is 0. The molecule has 0 spiro atoms. The van der Waals surface area contributed by atoms with Crippen molar-refractivity contribution in [3.05, 3.63) is 23.7 Å². The van der Waals surface area contributed by atoms with E-state index < -0.39 is 0 Å². The third kappa shape index (κ3) is 2.62. The van der Waals surface area contributed by atoms with Crippen molar-refractivity contribution in [2.24, 2.45) is 5.73 Å². The molecule has 2 rings (SSSR count). The minimum absolute atomic E-state index is 0.174. The summed E-state index contributed by atoms with van der Waals surface area (Å²) < 4.78 is 10.5. The molecular formula is C11H16N2O3. The van der Waals surface area contributed by atoms with Gasteiger partial charge in [0.05, 0.1) is 6.54 Å². The van der Waals surface area contributed by atoms with Crippen LogP contribution in [0.3, 0.4) is 0 Å². The Morgan fingerprint density at radius 1 is 1.44 bits per heavy atom. The van der Waals surface area contributed by atoms with Crippen molar-refractivity contribution in [2.75, 3.05) is 13.2 Å². The fraction of sp³-hybridized carbons (Fsp3) is 0.545. The Balaban J connectivity index is 1.91. The summed E-state index contributed by atoms with van der Waals surface area (Å²) in [5.41, 5.74) is 5.41. The molecule has 1 amide bonds. The van der Waals surface area contributed by atoms with Crippen LogP contribution in [0.2, 0.25) is 0 Å². The van der Waals surface area contributed by atoms with Gasteiger partial charge in [-0.1, -0.05) is 0 Å². The van der Waals surface area contributed by atoms with Gasteiger partial charge >= 0.3 is 0 Å². The molecule has 0 atom stereocenters. The van der Waals surface area contributed by atoms with Gasteiger partial charge in [-0.3, -0.25) is 4.79 Å². The topological polar surface area (TPSA) is 77.5 Å². The predicted octanol–water partition coefficient (Wildman–Crippen LogP) is 0.647. The number of nitrogens with two attached hydrogens (primary N) is 1. The minimum Gasteiger partial charge on any atom is -0.455 e. The summed E-state index contributed by atoms with van der Waals surface area (Å²) in [4.78, 5) is 11.8. The van der Waals surface area contributed by atoms with E-state index in [1.807, 2.05) is 0 Å². The molecule has 1 fully saturated rings. The molecule has 1 aromatic heterocycles. The number of hydrogen-bond acceptors (Lipinski definition) is 4. The van der Waals surface area contributed by atoms with Gasteiger partial charge in [0, 0.05) is 19.3 Å². The van der Waals surface area contributed by atoms with Gasteiger partial charge in [-0.05, 0) is 25.0 Å². The molecule has 88 valence electrons. The largest absolute Gasteiger partial charge is 0.455 e. The molecule has 5 heteroatoms. The van der Waals surface area contributed by atoms with Crippen LogP contribution in [0.1, 0.15) is 29.2 Å².